The molecule has 250 valence electrons. The van der Waals surface area contributed by atoms with Crippen LogP contribution in [0, 0.1) is 18.2 Å². The van der Waals surface area contributed by atoms with Crippen LogP contribution in [0.4, 0.5) is 15.8 Å². The van der Waals surface area contributed by atoms with Crippen LogP contribution in [-0.4, -0.2) is 34.8 Å². The van der Waals surface area contributed by atoms with Gasteiger partial charge in [-0.25, -0.2) is 4.39 Å². The highest BCUT2D eigenvalue weighted by Crippen LogP contribution is 2.40. The number of aliphatic hydroxyl groups excluding tert-OH is 1. The highest BCUT2D eigenvalue weighted by molar-refractivity contribution is 7.80. The van der Waals surface area contributed by atoms with Gasteiger partial charge in [-0.1, -0.05) is 60.5 Å². The molecular formula is C40H33FN4O3S2. The quantitative estimate of drug-likeness (QED) is 0.0931. The SMILES string of the molecule is C#Cc1ccc(CC(=O)NC(=S)Nc2ccc(Oc3ccnc4cc(-c5ccc(CN(C)c6ccccc6CCO)cc5)sc34)c(F)c2)cc1. The van der Waals surface area contributed by atoms with Gasteiger partial charge in [-0.3, -0.25) is 9.78 Å². The number of aliphatic hydroxyl groups is 1. The number of thiocarbonyl (C=S) groups is 1. The third-order valence-corrected chi connectivity index (χ3v) is 9.36. The van der Waals surface area contributed by atoms with Crippen molar-refractivity contribution in [3.8, 4) is 34.3 Å². The zero-order valence-electron chi connectivity index (χ0n) is 27.2. The summed E-state index contributed by atoms with van der Waals surface area (Å²) in [5.41, 5.74) is 7.04. The van der Waals surface area contributed by atoms with E-state index in [0.29, 0.717) is 17.9 Å². The molecule has 0 saturated carbocycles. The Labute approximate surface area is 299 Å². The van der Waals surface area contributed by atoms with Gasteiger partial charge < -0.3 is 25.4 Å². The number of para-hydroxylation sites is 1. The molecule has 6 aromatic rings. The summed E-state index contributed by atoms with van der Waals surface area (Å²) in [5, 5.41) is 15.0. The minimum atomic E-state index is -0.598. The number of carbonyl (C=O) groups excluding carboxylic acids is 1. The number of nitrogens with zero attached hydrogens (tertiary/aromatic N) is 2. The highest BCUT2D eigenvalue weighted by Gasteiger charge is 2.15. The molecule has 50 heavy (non-hydrogen) atoms. The summed E-state index contributed by atoms with van der Waals surface area (Å²) in [5.74, 6) is 2.16. The lowest BCUT2D eigenvalue weighted by Crippen LogP contribution is -2.35. The third kappa shape index (κ3) is 8.33. The zero-order chi connectivity index (χ0) is 35.0. The van der Waals surface area contributed by atoms with E-state index in [0.717, 1.165) is 55.1 Å². The molecule has 7 nitrogen and oxygen atoms in total. The van der Waals surface area contributed by atoms with Gasteiger partial charge in [0, 0.05) is 60.3 Å². The molecule has 3 N–H and O–H groups in total. The van der Waals surface area contributed by atoms with E-state index in [2.05, 4.69) is 63.8 Å². The number of nitrogens with one attached hydrogen (secondary N) is 2. The van der Waals surface area contributed by atoms with Crippen LogP contribution in [0.2, 0.25) is 0 Å². The van der Waals surface area contributed by atoms with E-state index >= 15 is 4.39 Å². The predicted molar refractivity (Wildman–Crippen MR) is 203 cm³/mol. The average molecular weight is 701 g/mol. The van der Waals surface area contributed by atoms with Crippen molar-refractivity contribution in [2.45, 2.75) is 19.4 Å². The maximum atomic E-state index is 15.2. The molecule has 0 aliphatic heterocycles. The Morgan fingerprint density at radius 2 is 1.76 bits per heavy atom. The molecule has 0 radical (unpaired) electrons. The molecule has 0 spiro atoms. The van der Waals surface area contributed by atoms with Crippen LogP contribution in [0.3, 0.4) is 0 Å². The molecule has 0 aliphatic carbocycles. The molecule has 0 fully saturated rings. The molecule has 2 heterocycles. The fourth-order valence-corrected chi connectivity index (χ4v) is 6.81. The standard InChI is InChI=1S/C40H33FN4O3S2/c1-3-26-8-10-27(11-9-26)22-38(47)44-40(49)43-31-16-17-35(32(41)23-31)48-36-18-20-42-33-24-37(50-39(33)36)30-14-12-28(13-15-30)25-45(2)34-7-5-4-6-29(34)19-21-46/h1,4-18,20,23-24,46H,19,21-22,25H2,2H3,(H2,43,44,47,49). The number of hydrogen-bond donors (Lipinski definition) is 3. The van der Waals surface area contributed by atoms with E-state index in [1.165, 1.54) is 23.5 Å². The van der Waals surface area contributed by atoms with Crippen molar-refractivity contribution in [1.82, 2.24) is 10.3 Å². The van der Waals surface area contributed by atoms with Crippen molar-refractivity contribution < 1.29 is 19.0 Å². The number of terminal acetylenes is 1. The molecule has 4 aromatic carbocycles. The highest BCUT2D eigenvalue weighted by atomic mass is 32.1. The lowest BCUT2D eigenvalue weighted by Gasteiger charge is -2.22. The molecule has 2 aromatic heterocycles. The minimum absolute atomic E-state index is 0.0393. The third-order valence-electron chi connectivity index (χ3n) is 7.97. The second-order valence-electron chi connectivity index (χ2n) is 11.6. The Kier molecular flexibility index (Phi) is 10.8. The normalized spacial score (nSPS) is 10.8. The maximum Gasteiger partial charge on any atom is 0.230 e. The van der Waals surface area contributed by atoms with Gasteiger partial charge in [0.15, 0.2) is 16.7 Å². The number of pyridine rings is 1. The van der Waals surface area contributed by atoms with Gasteiger partial charge in [0.1, 0.15) is 5.75 Å². The number of anilines is 2. The first-order valence-electron chi connectivity index (χ1n) is 15.8. The molecule has 0 saturated heterocycles. The van der Waals surface area contributed by atoms with E-state index in [1.807, 2.05) is 24.3 Å². The van der Waals surface area contributed by atoms with Crippen LogP contribution in [0.15, 0.2) is 109 Å². The lowest BCUT2D eigenvalue weighted by atomic mass is 10.1. The van der Waals surface area contributed by atoms with Crippen LogP contribution in [0.5, 0.6) is 11.5 Å². The number of ether oxygens (including phenoxy) is 1. The lowest BCUT2D eigenvalue weighted by molar-refractivity contribution is -0.119. The van der Waals surface area contributed by atoms with Crippen LogP contribution in [0.1, 0.15) is 22.3 Å². The number of carbonyl (C=O) groups is 1. The largest absolute Gasteiger partial charge is 0.453 e. The number of amides is 1. The first kappa shape index (κ1) is 34.3. The number of thiophene rings is 1. The van der Waals surface area contributed by atoms with Gasteiger partial charge in [-0.2, -0.15) is 0 Å². The van der Waals surface area contributed by atoms with E-state index in [9.17, 15) is 9.90 Å². The Morgan fingerprint density at radius 3 is 2.50 bits per heavy atom. The van der Waals surface area contributed by atoms with Crippen molar-refractivity contribution in [1.29, 1.82) is 0 Å². The Hall–Kier alpha value is -5.60. The summed E-state index contributed by atoms with van der Waals surface area (Å²) in [6.45, 7) is 0.830. The molecule has 0 bridgehead atoms. The molecule has 10 heteroatoms. The van der Waals surface area contributed by atoms with E-state index < -0.39 is 5.82 Å². The number of rotatable bonds is 11. The van der Waals surface area contributed by atoms with Gasteiger partial charge in [0.05, 0.1) is 16.6 Å². The fraction of sp³-hybridized carbons (Fsp3) is 0.125. The van der Waals surface area contributed by atoms with Gasteiger partial charge >= 0.3 is 0 Å². The maximum absolute atomic E-state index is 15.2. The second-order valence-corrected chi connectivity index (χ2v) is 13.0. The van der Waals surface area contributed by atoms with Crippen molar-refractivity contribution in [3.63, 3.8) is 0 Å². The van der Waals surface area contributed by atoms with Crippen LogP contribution in [0.25, 0.3) is 20.7 Å². The molecule has 6 rings (SSSR count). The number of fused-ring (bicyclic) bond motifs is 1. The second kappa shape index (κ2) is 15.7. The first-order valence-corrected chi connectivity index (χ1v) is 17.0. The minimum Gasteiger partial charge on any atom is -0.453 e. The van der Waals surface area contributed by atoms with Crippen LogP contribution < -0.4 is 20.3 Å². The number of halogens is 1. The number of benzene rings is 4. The van der Waals surface area contributed by atoms with E-state index in [-0.39, 0.29) is 29.8 Å². The average Bonchev–Trinajstić information content (AvgIpc) is 3.56. The fourth-order valence-electron chi connectivity index (χ4n) is 5.50. The molecule has 0 atom stereocenters. The van der Waals surface area contributed by atoms with Gasteiger partial charge in [0.25, 0.3) is 0 Å². The summed E-state index contributed by atoms with van der Waals surface area (Å²) in [7, 11) is 2.05. The van der Waals surface area contributed by atoms with E-state index in [1.54, 1.807) is 42.6 Å². The van der Waals surface area contributed by atoms with Crippen molar-refractivity contribution in [3.05, 3.63) is 137 Å². The Bertz CT molecular complexity index is 2190. The van der Waals surface area contributed by atoms with Crippen molar-refractivity contribution >= 4 is 56.2 Å². The Balaban J connectivity index is 1.09. The van der Waals surface area contributed by atoms with Gasteiger partial charge in [0.2, 0.25) is 5.91 Å². The zero-order valence-corrected chi connectivity index (χ0v) is 28.8. The molecule has 1 amide bonds. The topological polar surface area (TPSA) is 86.7 Å². The molecule has 0 aliphatic rings. The summed E-state index contributed by atoms with van der Waals surface area (Å²) in [4.78, 5) is 20.1. The number of hydrogen-bond acceptors (Lipinski definition) is 7. The number of aromatic nitrogens is 1. The molecule has 0 unspecified atom stereocenters. The van der Waals surface area contributed by atoms with E-state index in [4.69, 9.17) is 23.4 Å². The summed E-state index contributed by atoms with van der Waals surface area (Å²) >= 11 is 6.79. The van der Waals surface area contributed by atoms with Crippen molar-refractivity contribution in [2.24, 2.45) is 0 Å². The summed E-state index contributed by atoms with van der Waals surface area (Å²) in [6.07, 6.45) is 7.75. The summed E-state index contributed by atoms with van der Waals surface area (Å²) < 4.78 is 22.1. The first-order chi connectivity index (χ1) is 24.3. The Morgan fingerprint density at radius 1 is 1.00 bits per heavy atom. The predicted octanol–water partition coefficient (Wildman–Crippen LogP) is 8.10. The van der Waals surface area contributed by atoms with Crippen LogP contribution >= 0.6 is 23.6 Å². The summed E-state index contributed by atoms with van der Waals surface area (Å²) in [6, 6.07) is 31.7. The molecular weight excluding hydrogens is 668 g/mol. The van der Waals surface area contributed by atoms with Crippen molar-refractivity contribution in [2.75, 3.05) is 23.9 Å². The van der Waals surface area contributed by atoms with Gasteiger partial charge in [-0.05, 0) is 77.3 Å². The smallest absolute Gasteiger partial charge is 0.230 e. The van der Waals surface area contributed by atoms with Gasteiger partial charge in [-0.15, -0.1) is 17.8 Å². The van der Waals surface area contributed by atoms with Crippen LogP contribution in [-0.2, 0) is 24.2 Å². The monoisotopic (exact) mass is 700 g/mol.